The van der Waals surface area contributed by atoms with Crippen LogP contribution in [0.15, 0.2) is 59.4 Å². The minimum Gasteiger partial charge on any atom is -0.351 e. The van der Waals surface area contributed by atoms with E-state index in [1.54, 1.807) is 6.07 Å². The second-order valence-corrected chi connectivity index (χ2v) is 9.03. The normalized spacial score (nSPS) is 21.9. The number of hydrogen-bond donors (Lipinski definition) is 1. The van der Waals surface area contributed by atoms with E-state index in [1.807, 2.05) is 48.0 Å². The van der Waals surface area contributed by atoms with Crippen molar-refractivity contribution < 1.29 is 0 Å². The Bertz CT molecular complexity index is 1460. The van der Waals surface area contributed by atoms with E-state index in [1.165, 1.54) is 0 Å². The first kappa shape index (κ1) is 19.7. The van der Waals surface area contributed by atoms with Crippen molar-refractivity contribution in [2.45, 2.75) is 44.1 Å². The van der Waals surface area contributed by atoms with E-state index < -0.39 is 5.41 Å². The summed E-state index contributed by atoms with van der Waals surface area (Å²) in [6, 6.07) is 20.0. The van der Waals surface area contributed by atoms with Gasteiger partial charge in [0.25, 0.3) is 5.56 Å². The first-order valence-corrected chi connectivity index (χ1v) is 11.4. The average Bonchev–Trinajstić information content (AvgIpc) is 3.20. The number of aryl methyl sites for hydroxylation is 1. The third kappa shape index (κ3) is 2.83. The standard InChI is InChI=1S/C26H24N6O/c1-17-20-15-26(16-27,25-28-21-12-6-5-11-19(21)23(33)29-25)22-13-7-8-14-31(22)24(20)32(30-17)18-9-3-2-4-10-18/h2-6,9-12,22H,7-8,13-15H2,1H3,(H,28,29,33)/t22-,26-/m0/s1. The Labute approximate surface area is 191 Å². The van der Waals surface area contributed by atoms with Crippen LogP contribution in [0.2, 0.25) is 0 Å². The molecule has 2 aliphatic heterocycles. The third-order valence-corrected chi connectivity index (χ3v) is 7.19. The van der Waals surface area contributed by atoms with E-state index >= 15 is 0 Å². The SMILES string of the molecule is Cc1nn(-c2ccccc2)c2c1C[C@@](C#N)(c1nc3ccccc3c(=O)[nH]1)[C@@H]1CCCCN21. The van der Waals surface area contributed by atoms with Crippen LogP contribution in [0.3, 0.4) is 0 Å². The van der Waals surface area contributed by atoms with Crippen molar-refractivity contribution >= 4 is 16.7 Å². The predicted octanol–water partition coefficient (Wildman–Crippen LogP) is 3.79. The van der Waals surface area contributed by atoms with Gasteiger partial charge in [-0.05, 0) is 50.5 Å². The first-order valence-electron chi connectivity index (χ1n) is 11.4. The van der Waals surface area contributed by atoms with Gasteiger partial charge in [0.2, 0.25) is 0 Å². The van der Waals surface area contributed by atoms with Gasteiger partial charge in [-0.3, -0.25) is 4.79 Å². The summed E-state index contributed by atoms with van der Waals surface area (Å²) >= 11 is 0. The summed E-state index contributed by atoms with van der Waals surface area (Å²) in [5.74, 6) is 1.53. The highest BCUT2D eigenvalue weighted by molar-refractivity contribution is 5.77. The van der Waals surface area contributed by atoms with E-state index in [0.29, 0.717) is 23.1 Å². The molecule has 1 saturated heterocycles. The number of para-hydroxylation sites is 2. The fourth-order valence-electron chi connectivity index (χ4n) is 5.60. The lowest BCUT2D eigenvalue weighted by molar-refractivity contribution is 0.309. The molecule has 7 heteroatoms. The first-order chi connectivity index (χ1) is 16.1. The van der Waals surface area contributed by atoms with Gasteiger partial charge in [0.05, 0.1) is 34.4 Å². The minimum absolute atomic E-state index is 0.0911. The van der Waals surface area contributed by atoms with Gasteiger partial charge in [0.15, 0.2) is 0 Å². The van der Waals surface area contributed by atoms with Crippen LogP contribution in [0.4, 0.5) is 5.82 Å². The molecule has 0 spiro atoms. The van der Waals surface area contributed by atoms with Crippen LogP contribution in [-0.4, -0.2) is 32.3 Å². The third-order valence-electron chi connectivity index (χ3n) is 7.19. The summed E-state index contributed by atoms with van der Waals surface area (Å²) in [5.41, 5.74) is 2.43. The van der Waals surface area contributed by atoms with E-state index in [4.69, 9.17) is 10.1 Å². The van der Waals surface area contributed by atoms with Crippen LogP contribution in [0, 0.1) is 18.3 Å². The molecule has 0 radical (unpaired) electrons. The van der Waals surface area contributed by atoms with Crippen molar-refractivity contribution in [1.82, 2.24) is 19.7 Å². The van der Waals surface area contributed by atoms with Gasteiger partial charge >= 0.3 is 0 Å². The molecule has 2 aromatic heterocycles. The van der Waals surface area contributed by atoms with Gasteiger partial charge < -0.3 is 9.88 Å². The number of piperidine rings is 1. The average molecular weight is 437 g/mol. The number of aromatic nitrogens is 4. The summed E-state index contributed by atoms with van der Waals surface area (Å²) < 4.78 is 2.01. The maximum atomic E-state index is 12.9. The summed E-state index contributed by atoms with van der Waals surface area (Å²) in [6.45, 7) is 2.85. The zero-order valence-corrected chi connectivity index (χ0v) is 18.5. The van der Waals surface area contributed by atoms with Gasteiger partial charge in [-0.15, -0.1) is 0 Å². The molecule has 0 bridgehead atoms. The maximum absolute atomic E-state index is 12.9. The Hall–Kier alpha value is -3.92. The van der Waals surface area contributed by atoms with Gasteiger partial charge in [0.1, 0.15) is 17.1 Å². The smallest absolute Gasteiger partial charge is 0.258 e. The molecule has 2 aliphatic rings. The van der Waals surface area contributed by atoms with E-state index in [9.17, 15) is 10.1 Å². The molecule has 0 amide bonds. The number of benzene rings is 2. The number of aromatic amines is 1. The highest BCUT2D eigenvalue weighted by atomic mass is 16.1. The second-order valence-electron chi connectivity index (χ2n) is 9.03. The number of nitrogens with zero attached hydrogens (tertiary/aromatic N) is 5. The molecular formula is C26H24N6O. The maximum Gasteiger partial charge on any atom is 0.258 e. The number of rotatable bonds is 2. The fourth-order valence-corrected chi connectivity index (χ4v) is 5.60. The van der Waals surface area contributed by atoms with Crippen LogP contribution >= 0.6 is 0 Å². The highest BCUT2D eigenvalue weighted by Crippen LogP contribution is 2.47. The van der Waals surface area contributed by atoms with Crippen molar-refractivity contribution in [3.63, 3.8) is 0 Å². The van der Waals surface area contributed by atoms with Crippen LogP contribution < -0.4 is 10.5 Å². The number of H-pyrrole nitrogens is 1. The van der Waals surface area contributed by atoms with Crippen molar-refractivity contribution in [2.24, 2.45) is 0 Å². The Kier molecular flexibility index (Phi) is 4.37. The lowest BCUT2D eigenvalue weighted by atomic mass is 9.69. The Balaban J connectivity index is 1.59. The van der Waals surface area contributed by atoms with Crippen LogP contribution in [-0.2, 0) is 11.8 Å². The van der Waals surface area contributed by atoms with Crippen molar-refractivity contribution in [2.75, 3.05) is 11.4 Å². The molecule has 6 rings (SSSR count). The minimum atomic E-state index is -0.952. The van der Waals surface area contributed by atoms with Gasteiger partial charge in [-0.25, -0.2) is 9.67 Å². The van der Waals surface area contributed by atoms with Crippen LogP contribution in [0.25, 0.3) is 16.6 Å². The predicted molar refractivity (Wildman–Crippen MR) is 127 cm³/mol. The van der Waals surface area contributed by atoms with Gasteiger partial charge in [-0.1, -0.05) is 30.3 Å². The Morgan fingerprint density at radius 1 is 1.12 bits per heavy atom. The molecule has 7 nitrogen and oxygen atoms in total. The molecule has 0 unspecified atom stereocenters. The molecule has 0 saturated carbocycles. The second kappa shape index (κ2) is 7.31. The lowest BCUT2D eigenvalue weighted by Gasteiger charge is -2.49. The Morgan fingerprint density at radius 3 is 2.73 bits per heavy atom. The summed E-state index contributed by atoms with van der Waals surface area (Å²) in [4.78, 5) is 23.1. The number of hydrogen-bond acceptors (Lipinski definition) is 5. The Morgan fingerprint density at radius 2 is 1.91 bits per heavy atom. The highest BCUT2D eigenvalue weighted by Gasteiger charge is 2.53. The van der Waals surface area contributed by atoms with Crippen LogP contribution in [0.5, 0.6) is 0 Å². The van der Waals surface area contributed by atoms with Gasteiger partial charge in [0, 0.05) is 18.5 Å². The molecule has 33 heavy (non-hydrogen) atoms. The molecule has 4 heterocycles. The molecule has 4 aromatic rings. The summed E-state index contributed by atoms with van der Waals surface area (Å²) in [6.07, 6.45) is 3.43. The molecular weight excluding hydrogens is 412 g/mol. The van der Waals surface area contributed by atoms with Crippen molar-refractivity contribution in [1.29, 1.82) is 5.26 Å². The van der Waals surface area contributed by atoms with E-state index in [-0.39, 0.29) is 11.6 Å². The molecule has 164 valence electrons. The number of nitriles is 1. The molecule has 0 aliphatic carbocycles. The molecule has 1 fully saturated rings. The summed E-state index contributed by atoms with van der Waals surface area (Å²) in [5, 5.41) is 16.1. The number of nitrogens with one attached hydrogen (secondary N) is 1. The van der Waals surface area contributed by atoms with Crippen molar-refractivity contribution in [3.8, 4) is 11.8 Å². The number of fused-ring (bicyclic) bond motifs is 4. The zero-order valence-electron chi connectivity index (χ0n) is 18.5. The lowest BCUT2D eigenvalue weighted by Crippen LogP contribution is -2.58. The molecule has 2 atom stereocenters. The largest absolute Gasteiger partial charge is 0.351 e. The monoisotopic (exact) mass is 436 g/mol. The van der Waals surface area contributed by atoms with Gasteiger partial charge in [-0.2, -0.15) is 10.4 Å². The van der Waals surface area contributed by atoms with Crippen LogP contribution in [0.1, 0.15) is 36.3 Å². The zero-order chi connectivity index (χ0) is 22.6. The fraction of sp³-hybridized carbons (Fsp3) is 0.308. The number of anilines is 1. The quantitative estimate of drug-likeness (QED) is 0.516. The molecule has 2 aromatic carbocycles. The molecule has 1 N–H and O–H groups in total. The topological polar surface area (TPSA) is 90.6 Å². The van der Waals surface area contributed by atoms with E-state index in [0.717, 1.165) is 48.6 Å². The van der Waals surface area contributed by atoms with E-state index in [2.05, 4.69) is 28.1 Å². The summed E-state index contributed by atoms with van der Waals surface area (Å²) in [7, 11) is 0. The van der Waals surface area contributed by atoms with Crippen molar-refractivity contribution in [3.05, 3.63) is 82.0 Å².